The van der Waals surface area contributed by atoms with E-state index in [1.165, 1.54) is 12.8 Å². The second-order valence-electron chi connectivity index (χ2n) is 4.26. The molecule has 0 aromatic carbocycles. The first-order valence-electron chi connectivity index (χ1n) is 5.24. The second kappa shape index (κ2) is 4.04. The molecule has 14 heavy (non-hydrogen) atoms. The van der Waals surface area contributed by atoms with E-state index in [9.17, 15) is 0 Å². The molecule has 0 bridgehead atoms. The van der Waals surface area contributed by atoms with E-state index >= 15 is 0 Å². The molecule has 1 fully saturated rings. The van der Waals surface area contributed by atoms with Gasteiger partial charge in [0.25, 0.3) is 0 Å². The van der Waals surface area contributed by atoms with Crippen LogP contribution in [0.25, 0.3) is 0 Å². The molecule has 78 valence electrons. The van der Waals surface area contributed by atoms with Gasteiger partial charge in [0.2, 0.25) is 0 Å². The molecule has 1 aromatic rings. The van der Waals surface area contributed by atoms with Gasteiger partial charge >= 0.3 is 0 Å². The van der Waals surface area contributed by atoms with Gasteiger partial charge in [-0.15, -0.1) is 5.10 Å². The summed E-state index contributed by atoms with van der Waals surface area (Å²) in [5.74, 6) is 1.77. The first kappa shape index (κ1) is 9.58. The molecule has 5 nitrogen and oxygen atoms in total. The van der Waals surface area contributed by atoms with E-state index in [2.05, 4.69) is 34.7 Å². The maximum absolute atomic E-state index is 4.01. The molecular weight excluding hydrogens is 178 g/mol. The van der Waals surface area contributed by atoms with E-state index in [1.54, 1.807) is 0 Å². The molecule has 0 spiro atoms. The van der Waals surface area contributed by atoms with Crippen LogP contribution < -0.4 is 5.32 Å². The van der Waals surface area contributed by atoms with Crippen LogP contribution in [0.2, 0.25) is 0 Å². The van der Waals surface area contributed by atoms with Gasteiger partial charge in [-0.2, -0.15) is 0 Å². The van der Waals surface area contributed by atoms with Crippen LogP contribution in [0.3, 0.4) is 0 Å². The first-order chi connectivity index (χ1) is 6.75. The largest absolute Gasteiger partial charge is 0.308 e. The van der Waals surface area contributed by atoms with Crippen molar-refractivity contribution in [3.63, 3.8) is 0 Å². The fourth-order valence-electron chi connectivity index (χ4n) is 1.33. The molecule has 0 amide bonds. The summed E-state index contributed by atoms with van der Waals surface area (Å²) >= 11 is 0. The van der Waals surface area contributed by atoms with Crippen molar-refractivity contribution in [1.29, 1.82) is 0 Å². The minimum Gasteiger partial charge on any atom is -0.308 e. The molecule has 0 unspecified atom stereocenters. The van der Waals surface area contributed by atoms with E-state index in [1.807, 2.05) is 4.68 Å². The predicted octanol–water partition coefficient (Wildman–Crippen LogP) is 0.581. The Hall–Kier alpha value is -0.970. The Balaban J connectivity index is 1.90. The third kappa shape index (κ3) is 2.51. The molecule has 0 saturated heterocycles. The standard InChI is InChI=1S/C9H17N5/c1-7(2)10-5-9-11-12-13-14(9)6-8-3-4-8/h7-8,10H,3-6H2,1-2H3. The number of tetrazole rings is 1. The van der Waals surface area contributed by atoms with Gasteiger partial charge < -0.3 is 5.32 Å². The summed E-state index contributed by atoms with van der Waals surface area (Å²) in [5.41, 5.74) is 0. The highest BCUT2D eigenvalue weighted by molar-refractivity contribution is 4.83. The summed E-state index contributed by atoms with van der Waals surface area (Å²) in [6, 6.07) is 0.473. The van der Waals surface area contributed by atoms with E-state index < -0.39 is 0 Å². The van der Waals surface area contributed by atoms with Crippen LogP contribution in [0.1, 0.15) is 32.5 Å². The number of hydrogen-bond donors (Lipinski definition) is 1. The van der Waals surface area contributed by atoms with Crippen molar-refractivity contribution in [2.24, 2.45) is 5.92 Å². The lowest BCUT2D eigenvalue weighted by Gasteiger charge is -2.07. The molecule has 1 heterocycles. The van der Waals surface area contributed by atoms with Gasteiger partial charge in [-0.05, 0) is 29.2 Å². The van der Waals surface area contributed by atoms with Gasteiger partial charge in [0.1, 0.15) is 0 Å². The lowest BCUT2D eigenvalue weighted by molar-refractivity contribution is 0.494. The number of nitrogens with one attached hydrogen (secondary N) is 1. The normalized spacial score (nSPS) is 16.5. The maximum atomic E-state index is 4.01. The van der Waals surface area contributed by atoms with Crippen LogP contribution >= 0.6 is 0 Å². The number of nitrogens with zero attached hydrogens (tertiary/aromatic N) is 4. The van der Waals surface area contributed by atoms with E-state index in [0.29, 0.717) is 6.04 Å². The highest BCUT2D eigenvalue weighted by Gasteiger charge is 2.23. The fraction of sp³-hybridized carbons (Fsp3) is 0.889. The minimum absolute atomic E-state index is 0.473. The number of hydrogen-bond acceptors (Lipinski definition) is 4. The Morgan fingerprint density at radius 2 is 2.29 bits per heavy atom. The summed E-state index contributed by atoms with van der Waals surface area (Å²) in [7, 11) is 0. The van der Waals surface area contributed by atoms with Gasteiger partial charge in [-0.25, -0.2) is 4.68 Å². The number of aromatic nitrogens is 4. The molecule has 5 heteroatoms. The van der Waals surface area contributed by atoms with Crippen LogP contribution in [0.15, 0.2) is 0 Å². The Morgan fingerprint density at radius 1 is 1.50 bits per heavy atom. The summed E-state index contributed by atoms with van der Waals surface area (Å²) in [6.07, 6.45) is 2.66. The molecule has 1 saturated carbocycles. The SMILES string of the molecule is CC(C)NCc1nnnn1CC1CC1. The Bertz CT molecular complexity index is 289. The third-order valence-corrected chi connectivity index (χ3v) is 2.40. The molecule has 1 aromatic heterocycles. The van der Waals surface area contributed by atoms with Crippen LogP contribution in [-0.4, -0.2) is 26.2 Å². The topological polar surface area (TPSA) is 55.6 Å². The highest BCUT2D eigenvalue weighted by atomic mass is 15.5. The van der Waals surface area contributed by atoms with Crippen molar-refractivity contribution in [2.75, 3.05) is 0 Å². The fourth-order valence-corrected chi connectivity index (χ4v) is 1.33. The van der Waals surface area contributed by atoms with Crippen LogP contribution in [0.5, 0.6) is 0 Å². The smallest absolute Gasteiger partial charge is 0.165 e. The maximum Gasteiger partial charge on any atom is 0.165 e. The Morgan fingerprint density at radius 3 is 2.93 bits per heavy atom. The Kier molecular flexibility index (Phi) is 2.77. The zero-order valence-electron chi connectivity index (χ0n) is 8.77. The highest BCUT2D eigenvalue weighted by Crippen LogP contribution is 2.30. The van der Waals surface area contributed by atoms with E-state index in [-0.39, 0.29) is 0 Å². The van der Waals surface area contributed by atoms with Crippen LogP contribution in [0.4, 0.5) is 0 Å². The second-order valence-corrected chi connectivity index (χ2v) is 4.26. The zero-order chi connectivity index (χ0) is 9.97. The van der Waals surface area contributed by atoms with Gasteiger partial charge in [0, 0.05) is 12.6 Å². The summed E-state index contributed by atoms with van der Waals surface area (Å²) in [4.78, 5) is 0. The molecule has 0 radical (unpaired) electrons. The average molecular weight is 195 g/mol. The van der Waals surface area contributed by atoms with Gasteiger partial charge in [0.05, 0.1) is 6.54 Å². The molecule has 0 aliphatic heterocycles. The lowest BCUT2D eigenvalue weighted by Crippen LogP contribution is -2.24. The van der Waals surface area contributed by atoms with E-state index in [4.69, 9.17) is 0 Å². The van der Waals surface area contributed by atoms with Crippen molar-refractivity contribution >= 4 is 0 Å². The molecule has 1 N–H and O–H groups in total. The quantitative estimate of drug-likeness (QED) is 0.746. The number of rotatable bonds is 5. The van der Waals surface area contributed by atoms with Crippen molar-refractivity contribution in [3.05, 3.63) is 5.82 Å². The Labute approximate surface area is 83.9 Å². The van der Waals surface area contributed by atoms with Crippen molar-refractivity contribution in [2.45, 2.75) is 45.8 Å². The van der Waals surface area contributed by atoms with E-state index in [0.717, 1.165) is 24.8 Å². The first-order valence-corrected chi connectivity index (χ1v) is 5.24. The van der Waals surface area contributed by atoms with Crippen LogP contribution in [-0.2, 0) is 13.1 Å². The molecular formula is C9H17N5. The summed E-state index contributed by atoms with van der Waals surface area (Å²) < 4.78 is 1.92. The average Bonchev–Trinajstić information content (AvgIpc) is 2.81. The van der Waals surface area contributed by atoms with Crippen LogP contribution in [0, 0.1) is 5.92 Å². The summed E-state index contributed by atoms with van der Waals surface area (Å²) in [6.45, 7) is 5.99. The van der Waals surface area contributed by atoms with Crippen molar-refractivity contribution < 1.29 is 0 Å². The zero-order valence-corrected chi connectivity index (χ0v) is 8.77. The van der Waals surface area contributed by atoms with Crippen molar-refractivity contribution in [1.82, 2.24) is 25.5 Å². The minimum atomic E-state index is 0.473. The van der Waals surface area contributed by atoms with Gasteiger partial charge in [0.15, 0.2) is 5.82 Å². The van der Waals surface area contributed by atoms with Gasteiger partial charge in [-0.3, -0.25) is 0 Å². The monoisotopic (exact) mass is 195 g/mol. The molecule has 0 atom stereocenters. The summed E-state index contributed by atoms with van der Waals surface area (Å²) in [5, 5.41) is 15.0. The molecule has 2 rings (SSSR count). The molecule has 1 aliphatic carbocycles. The molecule has 1 aliphatic rings. The predicted molar refractivity (Wildman–Crippen MR) is 52.5 cm³/mol. The van der Waals surface area contributed by atoms with Gasteiger partial charge in [-0.1, -0.05) is 13.8 Å². The lowest BCUT2D eigenvalue weighted by atomic mass is 10.4. The third-order valence-electron chi connectivity index (χ3n) is 2.40. The van der Waals surface area contributed by atoms with Crippen molar-refractivity contribution in [3.8, 4) is 0 Å².